The first kappa shape index (κ1) is 16.9. The summed E-state index contributed by atoms with van der Waals surface area (Å²) in [5.74, 6) is -0.243. The van der Waals surface area contributed by atoms with Crippen molar-refractivity contribution in [2.45, 2.75) is 43.4 Å². The Balaban J connectivity index is 2.02. The molecular weight excluding hydrogens is 306 g/mol. The number of anilines is 1. The molecule has 0 saturated carbocycles. The number of nitrogens with one attached hydrogen (secondary N) is 3. The van der Waals surface area contributed by atoms with Crippen molar-refractivity contribution in [1.82, 2.24) is 10.0 Å². The minimum atomic E-state index is -3.54. The number of hydrogen-bond acceptors (Lipinski definition) is 5. The van der Waals surface area contributed by atoms with Crippen LogP contribution in [-0.4, -0.2) is 44.2 Å². The van der Waals surface area contributed by atoms with E-state index in [0.717, 1.165) is 0 Å². The molecule has 1 aromatic carbocycles. The minimum Gasteiger partial charge on any atom is -0.392 e. The van der Waals surface area contributed by atoms with Crippen LogP contribution < -0.4 is 15.4 Å². The molecule has 2 atom stereocenters. The summed E-state index contributed by atoms with van der Waals surface area (Å²) in [5.41, 5.74) is 0.511. The van der Waals surface area contributed by atoms with Gasteiger partial charge < -0.3 is 15.7 Å². The normalized spacial score (nSPS) is 22.0. The number of β-amino-alcohol motifs (C(OH)–C–C–N with tert-alkyl or cyclic N) is 1. The van der Waals surface area contributed by atoms with E-state index in [9.17, 15) is 18.3 Å². The van der Waals surface area contributed by atoms with Crippen molar-refractivity contribution in [2.75, 3.05) is 11.9 Å². The number of carbonyl (C=O) groups is 1. The lowest BCUT2D eigenvalue weighted by Crippen LogP contribution is -2.35. The lowest BCUT2D eigenvalue weighted by molar-refractivity contribution is -0.117. The number of rotatable bonds is 5. The van der Waals surface area contributed by atoms with Crippen LogP contribution >= 0.6 is 0 Å². The van der Waals surface area contributed by atoms with E-state index in [2.05, 4.69) is 15.4 Å². The Kier molecular flexibility index (Phi) is 5.17. The van der Waals surface area contributed by atoms with Crippen molar-refractivity contribution in [3.05, 3.63) is 24.3 Å². The van der Waals surface area contributed by atoms with Crippen LogP contribution in [0.15, 0.2) is 29.2 Å². The summed E-state index contributed by atoms with van der Waals surface area (Å²) in [7, 11) is -3.54. The number of aliphatic hydroxyl groups is 1. The van der Waals surface area contributed by atoms with Gasteiger partial charge in [-0.1, -0.05) is 0 Å². The van der Waals surface area contributed by atoms with Gasteiger partial charge in [-0.05, 0) is 44.5 Å². The average molecular weight is 327 g/mol. The number of sulfonamides is 1. The maximum atomic E-state index is 12.0. The monoisotopic (exact) mass is 327 g/mol. The summed E-state index contributed by atoms with van der Waals surface area (Å²) < 4.78 is 26.5. The molecular formula is C14H21N3O4S. The van der Waals surface area contributed by atoms with Crippen molar-refractivity contribution in [2.24, 2.45) is 0 Å². The van der Waals surface area contributed by atoms with Gasteiger partial charge >= 0.3 is 0 Å². The zero-order valence-corrected chi connectivity index (χ0v) is 13.4. The van der Waals surface area contributed by atoms with Gasteiger partial charge in [0, 0.05) is 18.3 Å². The van der Waals surface area contributed by atoms with Gasteiger partial charge in [0.2, 0.25) is 15.9 Å². The van der Waals surface area contributed by atoms with Gasteiger partial charge in [0.25, 0.3) is 0 Å². The molecule has 1 aliphatic rings. The number of carbonyl (C=O) groups excluding carboxylic acids is 1. The molecule has 1 amide bonds. The second kappa shape index (κ2) is 6.74. The largest absolute Gasteiger partial charge is 0.392 e. The number of hydrogen-bond donors (Lipinski definition) is 4. The summed E-state index contributed by atoms with van der Waals surface area (Å²) in [6, 6.07) is 5.34. The van der Waals surface area contributed by atoms with Crippen LogP contribution in [0, 0.1) is 0 Å². The lowest BCUT2D eigenvalue weighted by atomic mass is 10.2. The summed E-state index contributed by atoms with van der Waals surface area (Å²) in [4.78, 5) is 12.1. The molecule has 0 aliphatic carbocycles. The van der Waals surface area contributed by atoms with Crippen molar-refractivity contribution in [1.29, 1.82) is 0 Å². The number of amides is 1. The van der Waals surface area contributed by atoms with E-state index in [1.54, 1.807) is 13.8 Å². The van der Waals surface area contributed by atoms with Gasteiger partial charge in [0.05, 0.1) is 17.0 Å². The second-order valence-corrected chi connectivity index (χ2v) is 7.35. The zero-order valence-electron chi connectivity index (χ0n) is 12.5. The lowest BCUT2D eigenvalue weighted by Gasteiger charge is -2.12. The Labute approximate surface area is 130 Å². The van der Waals surface area contributed by atoms with Crippen LogP contribution in [0.1, 0.15) is 20.3 Å². The van der Waals surface area contributed by atoms with Crippen LogP contribution in [0.2, 0.25) is 0 Å². The van der Waals surface area contributed by atoms with Crippen LogP contribution in [0.25, 0.3) is 0 Å². The molecule has 0 aromatic heterocycles. The van der Waals surface area contributed by atoms with Gasteiger partial charge in [-0.2, -0.15) is 0 Å². The predicted molar refractivity (Wildman–Crippen MR) is 82.9 cm³/mol. The maximum Gasteiger partial charge on any atom is 0.241 e. The summed E-state index contributed by atoms with van der Waals surface area (Å²) >= 11 is 0. The molecule has 8 heteroatoms. The molecule has 2 rings (SSSR count). The molecule has 1 saturated heterocycles. The van der Waals surface area contributed by atoms with Crippen LogP contribution in [0.5, 0.6) is 0 Å². The van der Waals surface area contributed by atoms with Crippen molar-refractivity contribution in [3.63, 3.8) is 0 Å². The van der Waals surface area contributed by atoms with Gasteiger partial charge in [0.1, 0.15) is 0 Å². The molecule has 7 nitrogen and oxygen atoms in total. The highest BCUT2D eigenvalue weighted by Gasteiger charge is 2.28. The highest BCUT2D eigenvalue weighted by atomic mass is 32.2. The van der Waals surface area contributed by atoms with Gasteiger partial charge in [-0.3, -0.25) is 4.79 Å². The Morgan fingerprint density at radius 1 is 1.32 bits per heavy atom. The Morgan fingerprint density at radius 2 is 1.95 bits per heavy atom. The average Bonchev–Trinajstić information content (AvgIpc) is 2.85. The third-order valence-corrected chi connectivity index (χ3v) is 4.92. The number of benzene rings is 1. The fraction of sp³-hybridized carbons (Fsp3) is 0.500. The van der Waals surface area contributed by atoms with Gasteiger partial charge in [-0.25, -0.2) is 13.1 Å². The summed E-state index contributed by atoms with van der Waals surface area (Å²) in [5, 5.41) is 15.0. The predicted octanol–water partition coefficient (Wildman–Crippen LogP) is 0.0346. The molecule has 1 heterocycles. The zero-order chi connectivity index (χ0) is 16.3. The van der Waals surface area contributed by atoms with E-state index >= 15 is 0 Å². The quantitative estimate of drug-likeness (QED) is 0.610. The van der Waals surface area contributed by atoms with Crippen LogP contribution in [0.3, 0.4) is 0 Å². The smallest absolute Gasteiger partial charge is 0.241 e. The van der Waals surface area contributed by atoms with Gasteiger partial charge in [0.15, 0.2) is 0 Å². The molecule has 1 aromatic rings. The van der Waals surface area contributed by atoms with Crippen molar-refractivity contribution in [3.8, 4) is 0 Å². The van der Waals surface area contributed by atoms with Crippen LogP contribution in [0.4, 0.5) is 5.69 Å². The third kappa shape index (κ3) is 4.26. The molecule has 1 aliphatic heterocycles. The minimum absolute atomic E-state index is 0.147. The van der Waals surface area contributed by atoms with Crippen LogP contribution in [-0.2, 0) is 14.8 Å². The highest BCUT2D eigenvalue weighted by molar-refractivity contribution is 7.89. The Hall–Kier alpha value is -1.48. The topological polar surface area (TPSA) is 108 Å². The fourth-order valence-electron chi connectivity index (χ4n) is 2.24. The molecule has 0 radical (unpaired) electrons. The molecule has 22 heavy (non-hydrogen) atoms. The first-order chi connectivity index (χ1) is 10.3. The van der Waals surface area contributed by atoms with Crippen molar-refractivity contribution >= 4 is 21.6 Å². The Bertz CT molecular complexity index is 628. The van der Waals surface area contributed by atoms with E-state index in [4.69, 9.17) is 0 Å². The summed E-state index contributed by atoms with van der Waals surface area (Å²) in [6.45, 7) is 3.89. The Morgan fingerprint density at radius 3 is 2.45 bits per heavy atom. The molecule has 122 valence electrons. The molecule has 4 N–H and O–H groups in total. The standard InChI is InChI=1S/C14H21N3O4S/c1-9(2)17-22(20,21)12-5-3-10(4-6-12)16-14(19)13-7-11(18)8-15-13/h3-6,9,11,13,15,17-18H,7-8H2,1-2H3,(H,16,19). The second-order valence-electron chi connectivity index (χ2n) is 5.64. The van der Waals surface area contributed by atoms with Gasteiger partial charge in [-0.15, -0.1) is 0 Å². The van der Waals surface area contributed by atoms with Crippen molar-refractivity contribution < 1.29 is 18.3 Å². The third-order valence-electron chi connectivity index (χ3n) is 3.25. The molecule has 2 unspecified atom stereocenters. The van der Waals surface area contributed by atoms with E-state index in [1.807, 2.05) is 0 Å². The molecule has 0 spiro atoms. The molecule has 1 fully saturated rings. The maximum absolute atomic E-state index is 12.0. The fourth-order valence-corrected chi connectivity index (χ4v) is 3.49. The van der Waals surface area contributed by atoms with E-state index < -0.39 is 22.2 Å². The number of aliphatic hydroxyl groups excluding tert-OH is 1. The first-order valence-electron chi connectivity index (χ1n) is 7.12. The van der Waals surface area contributed by atoms with E-state index in [-0.39, 0.29) is 16.8 Å². The SMILES string of the molecule is CC(C)NS(=O)(=O)c1ccc(NC(=O)C2CC(O)CN2)cc1. The van der Waals surface area contributed by atoms with E-state index in [1.165, 1.54) is 24.3 Å². The van der Waals surface area contributed by atoms with E-state index in [0.29, 0.717) is 18.7 Å². The highest BCUT2D eigenvalue weighted by Crippen LogP contribution is 2.16. The summed E-state index contributed by atoms with van der Waals surface area (Å²) in [6.07, 6.45) is -0.137. The first-order valence-corrected chi connectivity index (χ1v) is 8.61. The molecule has 0 bridgehead atoms.